The van der Waals surface area contributed by atoms with Crippen molar-refractivity contribution in [1.82, 2.24) is 0 Å². The highest BCUT2D eigenvalue weighted by Crippen LogP contribution is 2.33. The summed E-state index contributed by atoms with van der Waals surface area (Å²) in [5.41, 5.74) is 3.32. The molecule has 0 saturated heterocycles. The molecule has 0 spiro atoms. The van der Waals surface area contributed by atoms with Gasteiger partial charge in [-0.25, -0.2) is 0 Å². The number of hydrogen-bond donors (Lipinski definition) is 1. The second kappa shape index (κ2) is 7.18. The first-order valence-corrected chi connectivity index (χ1v) is 8.03. The summed E-state index contributed by atoms with van der Waals surface area (Å²) in [5.74, 6) is 1.57. The second-order valence-corrected chi connectivity index (χ2v) is 6.39. The Balaban J connectivity index is 2.20. The van der Waals surface area contributed by atoms with Crippen LogP contribution in [0.4, 0.5) is 5.69 Å². The van der Waals surface area contributed by atoms with Crippen LogP contribution in [0, 0.1) is 6.92 Å². The molecular formula is C16H17Br2NO2. The van der Waals surface area contributed by atoms with Crippen LogP contribution in [0.15, 0.2) is 39.3 Å². The largest absolute Gasteiger partial charge is 0.497 e. The number of aryl methyl sites for hydroxylation is 1. The minimum absolute atomic E-state index is 0.674. The number of benzene rings is 2. The van der Waals surface area contributed by atoms with Gasteiger partial charge in [0, 0.05) is 21.6 Å². The molecule has 2 aromatic rings. The summed E-state index contributed by atoms with van der Waals surface area (Å²) in [4.78, 5) is 0. The topological polar surface area (TPSA) is 30.5 Å². The second-order valence-electron chi connectivity index (χ2n) is 4.68. The molecule has 0 saturated carbocycles. The molecule has 0 radical (unpaired) electrons. The fraction of sp³-hybridized carbons (Fsp3) is 0.250. The van der Waals surface area contributed by atoms with Gasteiger partial charge in [-0.2, -0.15) is 0 Å². The Kier molecular flexibility index (Phi) is 5.53. The van der Waals surface area contributed by atoms with E-state index in [2.05, 4.69) is 56.2 Å². The number of anilines is 1. The lowest BCUT2D eigenvalue weighted by Gasteiger charge is -2.13. The van der Waals surface area contributed by atoms with Crippen molar-refractivity contribution in [1.29, 1.82) is 0 Å². The Bertz CT molecular complexity index is 599. The number of rotatable bonds is 5. The lowest BCUT2D eigenvalue weighted by molar-refractivity contribution is 0.393. The molecule has 1 N–H and O–H groups in total. The van der Waals surface area contributed by atoms with Gasteiger partial charge in [0.05, 0.1) is 19.9 Å². The molecule has 0 aliphatic rings. The van der Waals surface area contributed by atoms with E-state index < -0.39 is 0 Å². The number of ether oxygens (including phenoxy) is 2. The lowest BCUT2D eigenvalue weighted by atomic mass is 10.2. The highest BCUT2D eigenvalue weighted by Gasteiger charge is 2.07. The molecule has 0 aromatic heterocycles. The molecule has 0 aliphatic heterocycles. The summed E-state index contributed by atoms with van der Waals surface area (Å²) in [7, 11) is 3.30. The van der Waals surface area contributed by atoms with Crippen LogP contribution in [-0.4, -0.2) is 14.2 Å². The minimum Gasteiger partial charge on any atom is -0.497 e. The molecule has 5 heteroatoms. The third-order valence-corrected chi connectivity index (χ3v) is 4.32. The van der Waals surface area contributed by atoms with Crippen LogP contribution >= 0.6 is 31.9 Å². The molecule has 0 bridgehead atoms. The van der Waals surface area contributed by atoms with Gasteiger partial charge in [-0.3, -0.25) is 0 Å². The zero-order valence-corrected chi connectivity index (χ0v) is 15.3. The van der Waals surface area contributed by atoms with Gasteiger partial charge in [0.1, 0.15) is 11.5 Å². The Labute approximate surface area is 141 Å². The number of methoxy groups -OCH3 is 2. The summed E-state index contributed by atoms with van der Waals surface area (Å²) in [6, 6.07) is 10.0. The van der Waals surface area contributed by atoms with Crippen molar-refractivity contribution < 1.29 is 9.47 Å². The van der Waals surface area contributed by atoms with Crippen LogP contribution in [0.5, 0.6) is 11.5 Å². The van der Waals surface area contributed by atoms with E-state index in [4.69, 9.17) is 9.47 Å². The van der Waals surface area contributed by atoms with Gasteiger partial charge < -0.3 is 14.8 Å². The van der Waals surface area contributed by atoms with Gasteiger partial charge in [0.2, 0.25) is 0 Å². The first-order valence-electron chi connectivity index (χ1n) is 6.45. The summed E-state index contributed by atoms with van der Waals surface area (Å²) in [6.45, 7) is 2.74. The van der Waals surface area contributed by atoms with Crippen molar-refractivity contribution in [2.45, 2.75) is 13.5 Å². The van der Waals surface area contributed by atoms with Crippen molar-refractivity contribution in [2.75, 3.05) is 19.5 Å². The Hall–Kier alpha value is -1.20. The van der Waals surface area contributed by atoms with Gasteiger partial charge >= 0.3 is 0 Å². The van der Waals surface area contributed by atoms with Crippen molar-refractivity contribution in [3.63, 3.8) is 0 Å². The third-order valence-electron chi connectivity index (χ3n) is 3.07. The maximum atomic E-state index is 5.29. The first-order chi connectivity index (χ1) is 10.0. The highest BCUT2D eigenvalue weighted by atomic mass is 79.9. The van der Waals surface area contributed by atoms with E-state index in [1.807, 2.05) is 18.2 Å². The molecular weight excluding hydrogens is 398 g/mol. The standard InChI is InChI=1S/C16H17Br2NO2/c1-10-4-14(17)16(15(18)5-10)19-9-11-6-12(20-2)8-13(7-11)21-3/h4-8,19H,9H2,1-3H3. The molecule has 0 amide bonds. The summed E-state index contributed by atoms with van der Waals surface area (Å²) in [5, 5.41) is 3.42. The molecule has 0 unspecified atom stereocenters. The minimum atomic E-state index is 0.674. The van der Waals surface area contributed by atoms with Crippen LogP contribution in [0.1, 0.15) is 11.1 Å². The van der Waals surface area contributed by atoms with Crippen LogP contribution in [0.2, 0.25) is 0 Å². The Morgan fingerprint density at radius 2 is 1.43 bits per heavy atom. The van der Waals surface area contributed by atoms with Crippen LogP contribution in [0.3, 0.4) is 0 Å². The third kappa shape index (κ3) is 4.14. The molecule has 2 rings (SSSR count). The van der Waals surface area contributed by atoms with Crippen molar-refractivity contribution in [3.8, 4) is 11.5 Å². The summed E-state index contributed by atoms with van der Waals surface area (Å²) in [6.07, 6.45) is 0. The average molecular weight is 415 g/mol. The number of nitrogens with one attached hydrogen (secondary N) is 1. The predicted molar refractivity (Wildman–Crippen MR) is 93.5 cm³/mol. The molecule has 3 nitrogen and oxygen atoms in total. The first kappa shape index (κ1) is 16.2. The molecule has 112 valence electrons. The van der Waals surface area contributed by atoms with E-state index in [-0.39, 0.29) is 0 Å². The van der Waals surface area contributed by atoms with E-state index in [1.165, 1.54) is 5.56 Å². The Morgan fingerprint density at radius 3 is 1.90 bits per heavy atom. The van der Waals surface area contributed by atoms with Gasteiger partial charge in [0.25, 0.3) is 0 Å². The molecule has 2 aromatic carbocycles. The van der Waals surface area contributed by atoms with Gasteiger partial charge in [-0.1, -0.05) is 0 Å². The zero-order valence-electron chi connectivity index (χ0n) is 12.2. The molecule has 0 fully saturated rings. The molecule has 0 heterocycles. The number of hydrogen-bond acceptors (Lipinski definition) is 3. The SMILES string of the molecule is COc1cc(CNc2c(Br)cc(C)cc2Br)cc(OC)c1. The molecule has 0 atom stereocenters. The lowest BCUT2D eigenvalue weighted by Crippen LogP contribution is -2.02. The summed E-state index contributed by atoms with van der Waals surface area (Å²) < 4.78 is 12.6. The monoisotopic (exact) mass is 413 g/mol. The Morgan fingerprint density at radius 1 is 0.905 bits per heavy atom. The van der Waals surface area contributed by atoms with Crippen molar-refractivity contribution >= 4 is 37.5 Å². The van der Waals surface area contributed by atoms with E-state index in [0.29, 0.717) is 6.54 Å². The van der Waals surface area contributed by atoms with Crippen LogP contribution in [-0.2, 0) is 6.54 Å². The average Bonchev–Trinajstić information content (AvgIpc) is 2.45. The maximum absolute atomic E-state index is 5.29. The molecule has 0 aliphatic carbocycles. The van der Waals surface area contributed by atoms with Gasteiger partial charge in [-0.05, 0) is 74.2 Å². The van der Waals surface area contributed by atoms with Crippen molar-refractivity contribution in [3.05, 3.63) is 50.4 Å². The molecule has 21 heavy (non-hydrogen) atoms. The zero-order chi connectivity index (χ0) is 15.4. The fourth-order valence-electron chi connectivity index (χ4n) is 2.03. The smallest absolute Gasteiger partial charge is 0.122 e. The van der Waals surface area contributed by atoms with E-state index in [9.17, 15) is 0 Å². The normalized spacial score (nSPS) is 10.3. The van der Waals surface area contributed by atoms with Gasteiger partial charge in [0.15, 0.2) is 0 Å². The van der Waals surface area contributed by atoms with Crippen LogP contribution < -0.4 is 14.8 Å². The van der Waals surface area contributed by atoms with Gasteiger partial charge in [-0.15, -0.1) is 0 Å². The predicted octanol–water partition coefficient (Wildman–Crippen LogP) is 5.15. The highest BCUT2D eigenvalue weighted by molar-refractivity contribution is 9.11. The van der Waals surface area contributed by atoms with Crippen LogP contribution in [0.25, 0.3) is 0 Å². The van der Waals surface area contributed by atoms with E-state index in [0.717, 1.165) is 31.7 Å². The number of halogens is 2. The van der Waals surface area contributed by atoms with E-state index >= 15 is 0 Å². The van der Waals surface area contributed by atoms with E-state index in [1.54, 1.807) is 14.2 Å². The van der Waals surface area contributed by atoms with Crippen molar-refractivity contribution in [2.24, 2.45) is 0 Å². The summed E-state index contributed by atoms with van der Waals surface area (Å²) >= 11 is 7.17. The quantitative estimate of drug-likeness (QED) is 0.733. The maximum Gasteiger partial charge on any atom is 0.122 e. The fourth-order valence-corrected chi connectivity index (χ4v) is 3.72.